The Balaban J connectivity index is 1.41. The van der Waals surface area contributed by atoms with E-state index in [-0.39, 0.29) is 17.8 Å². The van der Waals surface area contributed by atoms with Crippen LogP contribution in [0.15, 0.2) is 60.7 Å². The number of benzene rings is 2. The van der Waals surface area contributed by atoms with E-state index in [0.29, 0.717) is 23.8 Å². The van der Waals surface area contributed by atoms with Gasteiger partial charge in [-0.1, -0.05) is 49.4 Å². The van der Waals surface area contributed by atoms with Crippen molar-refractivity contribution in [3.63, 3.8) is 0 Å². The molecular formula is C28H29NO4S. The number of carbonyl (C=O) groups is 2. The third-order valence-corrected chi connectivity index (χ3v) is 7.01. The summed E-state index contributed by atoms with van der Waals surface area (Å²) < 4.78 is 11.1. The Hall–Kier alpha value is -3.38. The second kappa shape index (κ2) is 11.2. The van der Waals surface area contributed by atoms with Crippen molar-refractivity contribution in [2.75, 3.05) is 11.9 Å². The van der Waals surface area contributed by atoms with Gasteiger partial charge in [0.1, 0.15) is 17.4 Å². The van der Waals surface area contributed by atoms with Crippen LogP contribution in [0.25, 0.3) is 6.08 Å². The average molecular weight is 476 g/mol. The molecule has 1 N–H and O–H groups in total. The van der Waals surface area contributed by atoms with E-state index in [4.69, 9.17) is 9.47 Å². The number of anilines is 1. The normalized spacial score (nSPS) is 15.1. The standard InChI is InChI=1S/C28H29NO4S/c1-3-32-28(31)26-25-19(2)8-7-11-23(25)34-27(26)29-24(30)17-14-20-12-15-22(16-13-20)33-18-21-9-5-4-6-10-21/h4-6,9-10,12-17,19H,3,7-8,11,18H2,1-2H3,(H,29,30). The molecule has 1 aliphatic rings. The molecule has 4 rings (SSSR count). The van der Waals surface area contributed by atoms with Gasteiger partial charge in [-0.25, -0.2) is 4.79 Å². The molecule has 2 aromatic carbocycles. The number of hydrogen-bond acceptors (Lipinski definition) is 5. The fourth-order valence-electron chi connectivity index (χ4n) is 4.15. The van der Waals surface area contributed by atoms with E-state index in [0.717, 1.165) is 41.7 Å². The summed E-state index contributed by atoms with van der Waals surface area (Å²) in [7, 11) is 0. The Bertz CT molecular complexity index is 1170. The van der Waals surface area contributed by atoms with E-state index in [2.05, 4.69) is 12.2 Å². The number of amides is 1. The molecule has 1 aliphatic carbocycles. The number of carbonyl (C=O) groups excluding carboxylic acids is 2. The van der Waals surface area contributed by atoms with Crippen molar-refractivity contribution in [3.05, 3.63) is 87.8 Å². The molecule has 1 atom stereocenters. The molecular weight excluding hydrogens is 446 g/mol. The highest BCUT2D eigenvalue weighted by Gasteiger charge is 2.30. The highest BCUT2D eigenvalue weighted by Crippen LogP contribution is 2.43. The molecule has 6 heteroatoms. The highest BCUT2D eigenvalue weighted by atomic mass is 32.1. The van der Waals surface area contributed by atoms with Crippen LogP contribution < -0.4 is 10.1 Å². The Kier molecular flexibility index (Phi) is 7.80. The summed E-state index contributed by atoms with van der Waals surface area (Å²) in [6.07, 6.45) is 6.29. The zero-order valence-corrected chi connectivity index (χ0v) is 20.3. The van der Waals surface area contributed by atoms with Gasteiger partial charge in [0.25, 0.3) is 0 Å². The number of hydrogen-bond donors (Lipinski definition) is 1. The van der Waals surface area contributed by atoms with Crippen molar-refractivity contribution in [2.24, 2.45) is 0 Å². The SMILES string of the molecule is CCOC(=O)c1c(NC(=O)C=Cc2ccc(OCc3ccccc3)cc2)sc2c1C(C)CCC2. The zero-order chi connectivity index (χ0) is 23.9. The molecule has 34 heavy (non-hydrogen) atoms. The zero-order valence-electron chi connectivity index (χ0n) is 19.5. The minimum atomic E-state index is -0.362. The lowest BCUT2D eigenvalue weighted by Crippen LogP contribution is -2.15. The number of rotatable bonds is 8. The van der Waals surface area contributed by atoms with E-state index < -0.39 is 0 Å². The van der Waals surface area contributed by atoms with Gasteiger partial charge in [-0.3, -0.25) is 4.79 Å². The second-order valence-electron chi connectivity index (χ2n) is 8.32. The minimum absolute atomic E-state index is 0.277. The summed E-state index contributed by atoms with van der Waals surface area (Å²) in [5.41, 5.74) is 3.55. The first kappa shape index (κ1) is 23.8. The number of esters is 1. The van der Waals surface area contributed by atoms with Crippen LogP contribution in [0.5, 0.6) is 5.75 Å². The molecule has 1 unspecified atom stereocenters. The van der Waals surface area contributed by atoms with Crippen molar-refractivity contribution in [3.8, 4) is 5.75 Å². The van der Waals surface area contributed by atoms with Gasteiger partial charge in [0.15, 0.2) is 0 Å². The number of aryl methyl sites for hydroxylation is 1. The van der Waals surface area contributed by atoms with Gasteiger partial charge in [-0.2, -0.15) is 0 Å². The molecule has 5 nitrogen and oxygen atoms in total. The predicted octanol–water partition coefficient (Wildman–Crippen LogP) is 6.60. The summed E-state index contributed by atoms with van der Waals surface area (Å²) >= 11 is 1.49. The summed E-state index contributed by atoms with van der Waals surface area (Å²) in [6.45, 7) is 4.73. The Morgan fingerprint density at radius 3 is 2.62 bits per heavy atom. The van der Waals surface area contributed by atoms with Gasteiger partial charge in [0.2, 0.25) is 5.91 Å². The Morgan fingerprint density at radius 2 is 1.88 bits per heavy atom. The lowest BCUT2D eigenvalue weighted by atomic mass is 9.86. The lowest BCUT2D eigenvalue weighted by Gasteiger charge is -2.19. The second-order valence-corrected chi connectivity index (χ2v) is 9.43. The topological polar surface area (TPSA) is 64.6 Å². The van der Waals surface area contributed by atoms with Crippen molar-refractivity contribution < 1.29 is 19.1 Å². The molecule has 0 saturated carbocycles. The van der Waals surface area contributed by atoms with Gasteiger partial charge in [-0.15, -0.1) is 11.3 Å². The van der Waals surface area contributed by atoms with Gasteiger partial charge in [-0.05, 0) is 67.0 Å². The quantitative estimate of drug-likeness (QED) is 0.295. The molecule has 0 aliphatic heterocycles. The van der Waals surface area contributed by atoms with E-state index in [1.807, 2.05) is 54.6 Å². The molecule has 0 fully saturated rings. The maximum Gasteiger partial charge on any atom is 0.341 e. The Labute approximate surface area is 204 Å². The first-order chi connectivity index (χ1) is 16.5. The number of fused-ring (bicyclic) bond motifs is 1. The molecule has 1 heterocycles. The monoisotopic (exact) mass is 475 g/mol. The molecule has 0 saturated heterocycles. The Morgan fingerprint density at radius 1 is 1.12 bits per heavy atom. The number of ether oxygens (including phenoxy) is 2. The lowest BCUT2D eigenvalue weighted by molar-refractivity contribution is -0.111. The van der Waals surface area contributed by atoms with Gasteiger partial charge >= 0.3 is 5.97 Å². The molecule has 1 amide bonds. The highest BCUT2D eigenvalue weighted by molar-refractivity contribution is 7.17. The summed E-state index contributed by atoms with van der Waals surface area (Å²) in [4.78, 5) is 26.5. The largest absolute Gasteiger partial charge is 0.489 e. The van der Waals surface area contributed by atoms with Crippen molar-refractivity contribution in [2.45, 2.75) is 45.6 Å². The van der Waals surface area contributed by atoms with Crippen LogP contribution in [-0.2, 0) is 22.6 Å². The van der Waals surface area contributed by atoms with Crippen LogP contribution in [0.3, 0.4) is 0 Å². The molecule has 0 bridgehead atoms. The first-order valence-electron chi connectivity index (χ1n) is 11.6. The van der Waals surface area contributed by atoms with Crippen LogP contribution in [-0.4, -0.2) is 18.5 Å². The molecule has 3 aromatic rings. The minimum Gasteiger partial charge on any atom is -0.489 e. The van der Waals surface area contributed by atoms with Gasteiger partial charge < -0.3 is 14.8 Å². The van der Waals surface area contributed by atoms with Crippen molar-refractivity contribution in [1.29, 1.82) is 0 Å². The van der Waals surface area contributed by atoms with Crippen molar-refractivity contribution in [1.82, 2.24) is 0 Å². The van der Waals surface area contributed by atoms with Gasteiger partial charge in [0.05, 0.1) is 12.2 Å². The maximum absolute atomic E-state index is 12.7. The number of thiophene rings is 1. The van der Waals surface area contributed by atoms with Crippen LogP contribution in [0.2, 0.25) is 0 Å². The maximum atomic E-state index is 12.7. The van der Waals surface area contributed by atoms with Crippen LogP contribution in [0, 0.1) is 0 Å². The van der Waals surface area contributed by atoms with E-state index >= 15 is 0 Å². The van der Waals surface area contributed by atoms with Gasteiger partial charge in [0, 0.05) is 11.0 Å². The molecule has 176 valence electrons. The van der Waals surface area contributed by atoms with Crippen molar-refractivity contribution >= 4 is 34.3 Å². The van der Waals surface area contributed by atoms with E-state index in [9.17, 15) is 9.59 Å². The van der Waals surface area contributed by atoms with E-state index in [1.165, 1.54) is 22.3 Å². The molecule has 0 spiro atoms. The van der Waals surface area contributed by atoms with Crippen LogP contribution in [0.4, 0.5) is 5.00 Å². The predicted molar refractivity (Wildman–Crippen MR) is 137 cm³/mol. The van der Waals surface area contributed by atoms with E-state index in [1.54, 1.807) is 13.0 Å². The fourth-order valence-corrected chi connectivity index (χ4v) is 5.50. The summed E-state index contributed by atoms with van der Waals surface area (Å²) in [6, 6.07) is 17.6. The third-order valence-electron chi connectivity index (χ3n) is 5.83. The fraction of sp³-hybridized carbons (Fsp3) is 0.286. The summed E-state index contributed by atoms with van der Waals surface area (Å²) in [5, 5.41) is 3.50. The molecule has 0 radical (unpaired) electrons. The smallest absolute Gasteiger partial charge is 0.341 e. The first-order valence-corrected chi connectivity index (χ1v) is 12.4. The van der Waals surface area contributed by atoms with Crippen LogP contribution in [0.1, 0.15) is 64.5 Å². The third kappa shape index (κ3) is 5.75. The molecule has 1 aromatic heterocycles. The average Bonchev–Trinajstić information content (AvgIpc) is 3.22. The summed E-state index contributed by atoms with van der Waals surface area (Å²) in [5.74, 6) is 0.409. The van der Waals surface area contributed by atoms with Crippen LogP contribution >= 0.6 is 11.3 Å². The number of nitrogens with one attached hydrogen (secondary N) is 1.